The molecular formula is C17H16O3. The van der Waals surface area contributed by atoms with Crippen LogP contribution < -0.4 is 0 Å². The lowest BCUT2D eigenvalue weighted by atomic mass is 10.0. The lowest BCUT2D eigenvalue weighted by molar-refractivity contribution is 0.0696. The minimum Gasteiger partial charge on any atom is -0.478 e. The van der Waals surface area contributed by atoms with Gasteiger partial charge in [0.1, 0.15) is 0 Å². The van der Waals surface area contributed by atoms with Gasteiger partial charge in [-0.2, -0.15) is 0 Å². The summed E-state index contributed by atoms with van der Waals surface area (Å²) in [6.07, 6.45) is 2.14. The second-order valence-corrected chi connectivity index (χ2v) is 4.64. The second-order valence-electron chi connectivity index (χ2n) is 4.64. The molecule has 2 aromatic carbocycles. The molecule has 1 N–H and O–H groups in total. The van der Waals surface area contributed by atoms with Crippen molar-refractivity contribution < 1.29 is 14.7 Å². The van der Waals surface area contributed by atoms with Gasteiger partial charge in [-0.1, -0.05) is 42.5 Å². The summed E-state index contributed by atoms with van der Waals surface area (Å²) in [6, 6.07) is 16.1. The highest BCUT2D eigenvalue weighted by Gasteiger charge is 2.07. The van der Waals surface area contributed by atoms with E-state index in [0.717, 1.165) is 12.8 Å². The maximum absolute atomic E-state index is 12.0. The second kappa shape index (κ2) is 6.66. The highest BCUT2D eigenvalue weighted by molar-refractivity contribution is 5.97. The van der Waals surface area contributed by atoms with Crippen LogP contribution in [0.1, 0.15) is 39.1 Å². The first-order valence-electron chi connectivity index (χ1n) is 6.57. The minimum atomic E-state index is -0.979. The number of ketones is 1. The number of hydrogen-bond acceptors (Lipinski definition) is 2. The van der Waals surface area contributed by atoms with Crippen LogP contribution in [0.15, 0.2) is 54.6 Å². The summed E-state index contributed by atoms with van der Waals surface area (Å²) in [7, 11) is 0. The van der Waals surface area contributed by atoms with Gasteiger partial charge in [-0.3, -0.25) is 4.79 Å². The van der Waals surface area contributed by atoms with E-state index in [1.807, 2.05) is 30.3 Å². The first kappa shape index (κ1) is 14.0. The predicted molar refractivity (Wildman–Crippen MR) is 77.1 cm³/mol. The molecule has 0 aromatic heterocycles. The fraction of sp³-hybridized carbons (Fsp3) is 0.176. The largest absolute Gasteiger partial charge is 0.478 e. The molecule has 0 saturated carbocycles. The maximum Gasteiger partial charge on any atom is 0.335 e. The van der Waals surface area contributed by atoms with Crippen LogP contribution in [0.3, 0.4) is 0 Å². The summed E-state index contributed by atoms with van der Waals surface area (Å²) in [5.74, 6) is -0.925. The average Bonchev–Trinajstić information content (AvgIpc) is 2.48. The molecule has 0 saturated heterocycles. The summed E-state index contributed by atoms with van der Waals surface area (Å²) in [6.45, 7) is 0. The Labute approximate surface area is 117 Å². The molecule has 3 heteroatoms. The quantitative estimate of drug-likeness (QED) is 0.814. The van der Waals surface area contributed by atoms with Crippen molar-refractivity contribution in [1.82, 2.24) is 0 Å². The van der Waals surface area contributed by atoms with Gasteiger partial charge in [0.25, 0.3) is 0 Å². The first-order valence-corrected chi connectivity index (χ1v) is 6.57. The number of aryl methyl sites for hydroxylation is 1. The summed E-state index contributed by atoms with van der Waals surface area (Å²) < 4.78 is 0. The Balaban J connectivity index is 1.87. The molecule has 2 aromatic rings. The molecule has 0 fully saturated rings. The normalized spacial score (nSPS) is 10.2. The number of aromatic carboxylic acids is 1. The third kappa shape index (κ3) is 3.79. The van der Waals surface area contributed by atoms with Gasteiger partial charge in [0.2, 0.25) is 0 Å². The standard InChI is InChI=1S/C17H16O3/c18-16(8-4-7-13-5-2-1-3-6-13)14-9-11-15(12-10-14)17(19)20/h1-3,5-6,9-12H,4,7-8H2,(H,19,20). The van der Waals surface area contributed by atoms with Crippen LogP contribution in [0.25, 0.3) is 0 Å². The van der Waals surface area contributed by atoms with Crippen LogP contribution in [0.2, 0.25) is 0 Å². The summed E-state index contributed by atoms with van der Waals surface area (Å²) in [5.41, 5.74) is 2.00. The van der Waals surface area contributed by atoms with E-state index in [1.165, 1.54) is 17.7 Å². The Morgan fingerprint density at radius 3 is 2.05 bits per heavy atom. The third-order valence-electron chi connectivity index (χ3n) is 3.17. The van der Waals surface area contributed by atoms with Crippen LogP contribution in [0.5, 0.6) is 0 Å². The minimum absolute atomic E-state index is 0.0536. The molecule has 0 atom stereocenters. The van der Waals surface area contributed by atoms with E-state index >= 15 is 0 Å². The number of carbonyl (C=O) groups excluding carboxylic acids is 1. The van der Waals surface area contributed by atoms with Crippen LogP contribution in [0, 0.1) is 0 Å². The van der Waals surface area contributed by atoms with Crippen LogP contribution in [0.4, 0.5) is 0 Å². The smallest absolute Gasteiger partial charge is 0.335 e. The fourth-order valence-electron chi connectivity index (χ4n) is 2.04. The Hall–Kier alpha value is -2.42. The highest BCUT2D eigenvalue weighted by atomic mass is 16.4. The Morgan fingerprint density at radius 2 is 1.45 bits per heavy atom. The third-order valence-corrected chi connectivity index (χ3v) is 3.17. The van der Waals surface area contributed by atoms with Crippen molar-refractivity contribution in [2.24, 2.45) is 0 Å². The molecule has 20 heavy (non-hydrogen) atoms. The van der Waals surface area contributed by atoms with Crippen molar-refractivity contribution >= 4 is 11.8 Å². The van der Waals surface area contributed by atoms with E-state index < -0.39 is 5.97 Å². The van der Waals surface area contributed by atoms with Crippen molar-refractivity contribution in [2.45, 2.75) is 19.3 Å². The number of carbonyl (C=O) groups is 2. The zero-order valence-electron chi connectivity index (χ0n) is 11.1. The number of carboxylic acid groups (broad SMARTS) is 1. The zero-order chi connectivity index (χ0) is 14.4. The first-order chi connectivity index (χ1) is 9.66. The summed E-state index contributed by atoms with van der Waals surface area (Å²) in [4.78, 5) is 22.7. The van der Waals surface area contributed by atoms with Crippen molar-refractivity contribution in [1.29, 1.82) is 0 Å². The van der Waals surface area contributed by atoms with Crippen LogP contribution in [-0.2, 0) is 6.42 Å². The molecule has 0 unspecified atom stereocenters. The fourth-order valence-corrected chi connectivity index (χ4v) is 2.04. The molecule has 102 valence electrons. The zero-order valence-corrected chi connectivity index (χ0v) is 11.1. The van der Waals surface area contributed by atoms with Crippen LogP contribution in [-0.4, -0.2) is 16.9 Å². The molecule has 0 spiro atoms. The molecule has 0 bridgehead atoms. The number of benzene rings is 2. The van der Waals surface area contributed by atoms with Gasteiger partial charge in [0.05, 0.1) is 5.56 Å². The van der Waals surface area contributed by atoms with E-state index in [0.29, 0.717) is 12.0 Å². The van der Waals surface area contributed by atoms with Crippen molar-refractivity contribution in [3.05, 3.63) is 71.3 Å². The highest BCUT2D eigenvalue weighted by Crippen LogP contribution is 2.11. The van der Waals surface area contributed by atoms with Gasteiger partial charge >= 0.3 is 5.97 Å². The van der Waals surface area contributed by atoms with Gasteiger partial charge in [0.15, 0.2) is 5.78 Å². The summed E-state index contributed by atoms with van der Waals surface area (Å²) >= 11 is 0. The molecule has 0 radical (unpaired) electrons. The van der Waals surface area contributed by atoms with Gasteiger partial charge in [0, 0.05) is 12.0 Å². The number of carboxylic acids is 1. The molecule has 0 aliphatic carbocycles. The van der Waals surface area contributed by atoms with Crippen molar-refractivity contribution in [3.8, 4) is 0 Å². The predicted octanol–water partition coefficient (Wildman–Crippen LogP) is 3.59. The monoisotopic (exact) mass is 268 g/mol. The van der Waals surface area contributed by atoms with E-state index in [9.17, 15) is 9.59 Å². The van der Waals surface area contributed by atoms with E-state index in [1.54, 1.807) is 12.1 Å². The lowest BCUT2D eigenvalue weighted by Gasteiger charge is -2.02. The van der Waals surface area contributed by atoms with Crippen LogP contribution >= 0.6 is 0 Å². The molecule has 0 aliphatic heterocycles. The lowest BCUT2D eigenvalue weighted by Crippen LogP contribution is -2.02. The number of hydrogen-bond donors (Lipinski definition) is 1. The van der Waals surface area contributed by atoms with E-state index in [4.69, 9.17) is 5.11 Å². The number of rotatable bonds is 6. The molecule has 0 amide bonds. The molecule has 2 rings (SSSR count). The summed E-state index contributed by atoms with van der Waals surface area (Å²) in [5, 5.41) is 8.80. The Morgan fingerprint density at radius 1 is 0.850 bits per heavy atom. The van der Waals surface area contributed by atoms with E-state index in [2.05, 4.69) is 0 Å². The average molecular weight is 268 g/mol. The molecule has 0 aliphatic rings. The van der Waals surface area contributed by atoms with Gasteiger partial charge in [-0.25, -0.2) is 4.79 Å². The van der Waals surface area contributed by atoms with Gasteiger partial charge < -0.3 is 5.11 Å². The Kier molecular flexibility index (Phi) is 4.66. The number of Topliss-reactive ketones (excluding diaryl/α,β-unsaturated/α-hetero) is 1. The Bertz CT molecular complexity index is 585. The SMILES string of the molecule is O=C(O)c1ccc(C(=O)CCCc2ccccc2)cc1. The topological polar surface area (TPSA) is 54.4 Å². The maximum atomic E-state index is 12.0. The molecule has 3 nitrogen and oxygen atoms in total. The molecule has 0 heterocycles. The van der Waals surface area contributed by atoms with Crippen molar-refractivity contribution in [2.75, 3.05) is 0 Å². The van der Waals surface area contributed by atoms with E-state index in [-0.39, 0.29) is 11.3 Å². The molecular weight excluding hydrogens is 252 g/mol. The van der Waals surface area contributed by atoms with Gasteiger partial charge in [-0.15, -0.1) is 0 Å². The van der Waals surface area contributed by atoms with Crippen molar-refractivity contribution in [3.63, 3.8) is 0 Å². The van der Waals surface area contributed by atoms with Gasteiger partial charge in [-0.05, 0) is 30.5 Å².